The van der Waals surface area contributed by atoms with Gasteiger partial charge in [0.15, 0.2) is 10.9 Å². The standard InChI is InChI=1S/C22H25N3O4S/c1-4-29-15-7-5-14(6-8-15)25-12-13(9-18(25)27)20(28)24-21-23-16-10-22(2,3)11-17(26)19(16)30-21/h5-8,13H,4,9-12H2,1-3H3,(H,23,24,28)/t13-/m0/s1. The first-order chi connectivity index (χ1) is 14.3. The molecule has 1 aliphatic carbocycles. The molecule has 1 aliphatic heterocycles. The minimum Gasteiger partial charge on any atom is -0.494 e. The second-order valence-electron chi connectivity index (χ2n) is 8.56. The van der Waals surface area contributed by atoms with Crippen molar-refractivity contribution in [2.75, 3.05) is 23.4 Å². The molecule has 1 aromatic heterocycles. The molecule has 158 valence electrons. The van der Waals surface area contributed by atoms with Gasteiger partial charge in [-0.25, -0.2) is 4.98 Å². The Morgan fingerprint density at radius 2 is 2.00 bits per heavy atom. The third-order valence-corrected chi connectivity index (χ3v) is 6.48. The van der Waals surface area contributed by atoms with E-state index in [2.05, 4.69) is 10.3 Å². The lowest BCUT2D eigenvalue weighted by atomic mass is 9.78. The number of Topliss-reactive ketones (excluding diaryl/α,β-unsaturated/α-hetero) is 1. The molecule has 0 unspecified atom stereocenters. The number of anilines is 2. The van der Waals surface area contributed by atoms with Crippen molar-refractivity contribution < 1.29 is 19.1 Å². The van der Waals surface area contributed by atoms with Crippen molar-refractivity contribution >= 4 is 39.8 Å². The summed E-state index contributed by atoms with van der Waals surface area (Å²) in [6.45, 7) is 6.90. The zero-order valence-electron chi connectivity index (χ0n) is 17.4. The molecule has 0 saturated carbocycles. The number of rotatable bonds is 5. The number of ether oxygens (including phenoxy) is 1. The average Bonchev–Trinajstić information content (AvgIpc) is 3.25. The van der Waals surface area contributed by atoms with Gasteiger partial charge in [-0.2, -0.15) is 0 Å². The van der Waals surface area contributed by atoms with E-state index in [1.54, 1.807) is 4.90 Å². The first kappa shape index (κ1) is 20.5. The molecule has 0 spiro atoms. The Hall–Kier alpha value is -2.74. The van der Waals surface area contributed by atoms with E-state index in [1.807, 2.05) is 45.0 Å². The van der Waals surface area contributed by atoms with Crippen molar-refractivity contribution in [1.82, 2.24) is 4.98 Å². The zero-order valence-corrected chi connectivity index (χ0v) is 18.2. The predicted molar refractivity (Wildman–Crippen MR) is 115 cm³/mol. The van der Waals surface area contributed by atoms with Crippen LogP contribution in [0, 0.1) is 11.3 Å². The molecule has 2 amide bonds. The van der Waals surface area contributed by atoms with Gasteiger partial charge in [-0.3, -0.25) is 14.4 Å². The highest BCUT2D eigenvalue weighted by Crippen LogP contribution is 2.38. The number of fused-ring (bicyclic) bond motifs is 1. The number of hydrogen-bond donors (Lipinski definition) is 1. The van der Waals surface area contributed by atoms with Crippen LogP contribution in [0.25, 0.3) is 0 Å². The predicted octanol–water partition coefficient (Wildman–Crippen LogP) is 3.69. The Kier molecular flexibility index (Phi) is 5.36. The van der Waals surface area contributed by atoms with Crippen LogP contribution in [-0.2, 0) is 16.0 Å². The van der Waals surface area contributed by atoms with E-state index in [9.17, 15) is 14.4 Å². The monoisotopic (exact) mass is 427 g/mol. The average molecular weight is 428 g/mol. The van der Waals surface area contributed by atoms with Gasteiger partial charge >= 0.3 is 0 Å². The molecule has 2 aliphatic rings. The summed E-state index contributed by atoms with van der Waals surface area (Å²) in [7, 11) is 0. The van der Waals surface area contributed by atoms with Gasteiger partial charge in [-0.15, -0.1) is 0 Å². The number of benzene rings is 1. The molecule has 1 saturated heterocycles. The number of hydrogen-bond acceptors (Lipinski definition) is 6. The highest BCUT2D eigenvalue weighted by Gasteiger charge is 2.37. The van der Waals surface area contributed by atoms with Gasteiger partial charge < -0.3 is 15.0 Å². The fourth-order valence-electron chi connectivity index (χ4n) is 4.00. The third kappa shape index (κ3) is 4.09. The Labute approximate surface area is 179 Å². The van der Waals surface area contributed by atoms with Gasteiger partial charge in [0.25, 0.3) is 0 Å². The van der Waals surface area contributed by atoms with Crippen molar-refractivity contribution in [3.05, 3.63) is 34.8 Å². The van der Waals surface area contributed by atoms with Crippen LogP contribution in [0.1, 0.15) is 49.0 Å². The van der Waals surface area contributed by atoms with Gasteiger partial charge in [0.1, 0.15) is 5.75 Å². The number of nitrogens with one attached hydrogen (secondary N) is 1. The molecule has 8 heteroatoms. The molecule has 0 bridgehead atoms. The summed E-state index contributed by atoms with van der Waals surface area (Å²) in [5.74, 6) is 0.0334. The number of thiazole rings is 1. The Morgan fingerprint density at radius 1 is 1.27 bits per heavy atom. The SMILES string of the molecule is CCOc1ccc(N2C[C@@H](C(=O)Nc3nc4c(s3)C(=O)CC(C)(C)C4)CC2=O)cc1. The number of carbonyl (C=O) groups excluding carboxylic acids is 3. The molecule has 2 aromatic rings. The van der Waals surface area contributed by atoms with Crippen LogP contribution in [0.5, 0.6) is 5.75 Å². The van der Waals surface area contributed by atoms with Gasteiger partial charge in [-0.1, -0.05) is 25.2 Å². The van der Waals surface area contributed by atoms with E-state index < -0.39 is 5.92 Å². The highest BCUT2D eigenvalue weighted by molar-refractivity contribution is 7.17. The van der Waals surface area contributed by atoms with Crippen LogP contribution in [0.2, 0.25) is 0 Å². The van der Waals surface area contributed by atoms with Gasteiger partial charge in [-0.05, 0) is 43.0 Å². The van der Waals surface area contributed by atoms with Crippen molar-refractivity contribution in [2.45, 2.75) is 40.0 Å². The molecule has 1 fully saturated rings. The smallest absolute Gasteiger partial charge is 0.231 e. The van der Waals surface area contributed by atoms with E-state index in [1.165, 1.54) is 11.3 Å². The second-order valence-corrected chi connectivity index (χ2v) is 9.56. The molecule has 7 nitrogen and oxygen atoms in total. The normalized spacial score (nSPS) is 20.2. The van der Waals surface area contributed by atoms with E-state index >= 15 is 0 Å². The van der Waals surface area contributed by atoms with Crippen LogP contribution >= 0.6 is 11.3 Å². The summed E-state index contributed by atoms with van der Waals surface area (Å²) in [5, 5.41) is 3.26. The third-order valence-electron chi connectivity index (χ3n) is 5.42. The minimum atomic E-state index is -0.461. The van der Waals surface area contributed by atoms with E-state index in [0.717, 1.165) is 17.1 Å². The Balaban J connectivity index is 1.43. The number of carbonyl (C=O) groups is 3. The summed E-state index contributed by atoms with van der Waals surface area (Å²) < 4.78 is 5.43. The van der Waals surface area contributed by atoms with Crippen molar-refractivity contribution in [1.29, 1.82) is 0 Å². The largest absolute Gasteiger partial charge is 0.494 e. The molecular weight excluding hydrogens is 402 g/mol. The highest BCUT2D eigenvalue weighted by atomic mass is 32.1. The Bertz CT molecular complexity index is 996. The van der Waals surface area contributed by atoms with Crippen molar-refractivity contribution in [3.8, 4) is 5.75 Å². The maximum atomic E-state index is 12.8. The topological polar surface area (TPSA) is 88.6 Å². The fraction of sp³-hybridized carbons (Fsp3) is 0.455. The maximum absolute atomic E-state index is 12.8. The molecule has 30 heavy (non-hydrogen) atoms. The van der Waals surface area contributed by atoms with E-state index in [4.69, 9.17) is 4.74 Å². The lowest BCUT2D eigenvalue weighted by molar-refractivity contribution is -0.122. The molecular formula is C22H25N3O4S. The summed E-state index contributed by atoms with van der Waals surface area (Å²) in [6.07, 6.45) is 1.35. The summed E-state index contributed by atoms with van der Waals surface area (Å²) in [6, 6.07) is 7.28. The van der Waals surface area contributed by atoms with E-state index in [-0.39, 0.29) is 29.4 Å². The molecule has 2 heterocycles. The molecule has 4 rings (SSSR count). The second kappa shape index (κ2) is 7.83. The summed E-state index contributed by atoms with van der Waals surface area (Å²) >= 11 is 1.23. The quantitative estimate of drug-likeness (QED) is 0.786. The van der Waals surface area contributed by atoms with Gasteiger partial charge in [0, 0.05) is 25.1 Å². The zero-order chi connectivity index (χ0) is 21.5. The van der Waals surface area contributed by atoms with Crippen LogP contribution < -0.4 is 15.0 Å². The van der Waals surface area contributed by atoms with Crippen LogP contribution in [0.3, 0.4) is 0 Å². The number of amides is 2. The van der Waals surface area contributed by atoms with Crippen LogP contribution in [0.4, 0.5) is 10.8 Å². The molecule has 1 N–H and O–H groups in total. The minimum absolute atomic E-state index is 0.0805. The number of ketones is 1. The van der Waals surface area contributed by atoms with Crippen LogP contribution in [-0.4, -0.2) is 35.7 Å². The first-order valence-electron chi connectivity index (χ1n) is 10.1. The summed E-state index contributed by atoms with van der Waals surface area (Å²) in [5.41, 5.74) is 1.39. The molecule has 1 atom stereocenters. The lowest BCUT2D eigenvalue weighted by Gasteiger charge is -2.26. The fourth-order valence-corrected chi connectivity index (χ4v) is 4.93. The maximum Gasteiger partial charge on any atom is 0.231 e. The first-order valence-corrected chi connectivity index (χ1v) is 10.9. The summed E-state index contributed by atoms with van der Waals surface area (Å²) in [4.78, 5) is 44.4. The molecule has 0 radical (unpaired) electrons. The van der Waals surface area contributed by atoms with Gasteiger partial charge in [0.2, 0.25) is 11.8 Å². The van der Waals surface area contributed by atoms with Gasteiger partial charge in [0.05, 0.1) is 23.1 Å². The van der Waals surface area contributed by atoms with Crippen LogP contribution in [0.15, 0.2) is 24.3 Å². The lowest BCUT2D eigenvalue weighted by Crippen LogP contribution is -2.28. The number of nitrogens with zero attached hydrogens (tertiary/aromatic N) is 2. The number of aromatic nitrogens is 1. The van der Waals surface area contributed by atoms with Crippen molar-refractivity contribution in [2.24, 2.45) is 11.3 Å². The Morgan fingerprint density at radius 3 is 2.70 bits per heavy atom. The molecule has 1 aromatic carbocycles. The van der Waals surface area contributed by atoms with E-state index in [0.29, 0.717) is 36.0 Å². The van der Waals surface area contributed by atoms with Crippen molar-refractivity contribution in [3.63, 3.8) is 0 Å².